The predicted octanol–water partition coefficient (Wildman–Crippen LogP) is 2.56. The maximum atomic E-state index is 12.2. The molecule has 1 saturated carbocycles. The highest BCUT2D eigenvalue weighted by atomic mass is 32.2. The van der Waals surface area contributed by atoms with Crippen molar-refractivity contribution in [1.29, 1.82) is 0 Å². The molecule has 0 bridgehead atoms. The van der Waals surface area contributed by atoms with Crippen LogP contribution in [0.5, 0.6) is 0 Å². The van der Waals surface area contributed by atoms with E-state index in [-0.39, 0.29) is 0 Å². The second-order valence-electron chi connectivity index (χ2n) is 5.41. The van der Waals surface area contributed by atoms with Crippen LogP contribution in [0.2, 0.25) is 0 Å². The molecule has 0 aromatic rings. The van der Waals surface area contributed by atoms with Crippen molar-refractivity contribution in [2.75, 3.05) is 12.3 Å². The van der Waals surface area contributed by atoms with Gasteiger partial charge >= 0.3 is 0 Å². The molecular weight excluding hydrogens is 218 g/mol. The van der Waals surface area contributed by atoms with Crippen LogP contribution in [0.25, 0.3) is 0 Å². The van der Waals surface area contributed by atoms with Crippen LogP contribution < -0.4 is 5.32 Å². The second-order valence-corrected chi connectivity index (χ2v) is 7.18. The number of rotatable bonds is 6. The Balaban J connectivity index is 2.40. The monoisotopic (exact) mass is 245 g/mol. The smallest absolute Gasteiger partial charge is 0.0388 e. The van der Waals surface area contributed by atoms with E-state index < -0.39 is 10.8 Å². The Bertz CT molecular complexity index is 230. The van der Waals surface area contributed by atoms with Gasteiger partial charge in [0.2, 0.25) is 0 Å². The van der Waals surface area contributed by atoms with Gasteiger partial charge in [-0.2, -0.15) is 0 Å². The molecule has 0 heterocycles. The number of hydrogen-bond acceptors (Lipinski definition) is 2. The van der Waals surface area contributed by atoms with Crippen molar-refractivity contribution in [3.8, 4) is 0 Å². The molecule has 0 saturated heterocycles. The largest absolute Gasteiger partial charge is 0.314 e. The van der Waals surface area contributed by atoms with Gasteiger partial charge in [-0.3, -0.25) is 4.21 Å². The average molecular weight is 245 g/mol. The first-order valence-corrected chi connectivity index (χ1v) is 8.05. The number of nitrogens with one attached hydrogen (secondary N) is 1. The summed E-state index contributed by atoms with van der Waals surface area (Å²) in [4.78, 5) is 0. The average Bonchev–Trinajstić information content (AvgIpc) is 2.58. The topological polar surface area (TPSA) is 29.1 Å². The van der Waals surface area contributed by atoms with Crippen molar-refractivity contribution in [3.05, 3.63) is 0 Å². The summed E-state index contributed by atoms with van der Waals surface area (Å²) in [5, 5.41) is 3.94. The van der Waals surface area contributed by atoms with Crippen LogP contribution in [0.1, 0.15) is 47.0 Å². The molecule has 1 aliphatic rings. The summed E-state index contributed by atoms with van der Waals surface area (Å²) in [6, 6.07) is 0.595. The normalized spacial score (nSPS) is 32.2. The van der Waals surface area contributed by atoms with Crippen LogP contribution in [0.15, 0.2) is 0 Å². The van der Waals surface area contributed by atoms with E-state index in [1.54, 1.807) is 0 Å². The van der Waals surface area contributed by atoms with Gasteiger partial charge in [0.25, 0.3) is 0 Å². The SMILES string of the molecule is CCNC1CCC(S(=O)CCC(C)C)C1C. The summed E-state index contributed by atoms with van der Waals surface area (Å²) in [6.45, 7) is 9.85. The highest BCUT2D eigenvalue weighted by molar-refractivity contribution is 7.85. The zero-order valence-corrected chi connectivity index (χ0v) is 12.0. The predicted molar refractivity (Wildman–Crippen MR) is 72.1 cm³/mol. The van der Waals surface area contributed by atoms with Gasteiger partial charge in [-0.05, 0) is 37.6 Å². The van der Waals surface area contributed by atoms with Gasteiger partial charge in [0.1, 0.15) is 0 Å². The first-order chi connectivity index (χ1) is 7.56. The Labute approximate surface area is 103 Å². The molecule has 1 aliphatic carbocycles. The lowest BCUT2D eigenvalue weighted by molar-refractivity contribution is 0.438. The Kier molecular flexibility index (Phi) is 5.98. The minimum Gasteiger partial charge on any atom is -0.314 e. The zero-order valence-electron chi connectivity index (χ0n) is 11.2. The molecule has 1 fully saturated rings. The summed E-state index contributed by atoms with van der Waals surface area (Å²) in [6.07, 6.45) is 3.44. The maximum absolute atomic E-state index is 12.2. The third-order valence-electron chi connectivity index (χ3n) is 3.68. The van der Waals surface area contributed by atoms with Crippen LogP contribution in [-0.2, 0) is 10.8 Å². The van der Waals surface area contributed by atoms with Gasteiger partial charge in [0.15, 0.2) is 0 Å². The molecule has 1 N–H and O–H groups in total. The summed E-state index contributed by atoms with van der Waals surface area (Å²) in [5.41, 5.74) is 0. The fraction of sp³-hybridized carbons (Fsp3) is 1.00. The van der Waals surface area contributed by atoms with Gasteiger partial charge in [0, 0.05) is 27.8 Å². The Morgan fingerprint density at radius 3 is 2.62 bits per heavy atom. The van der Waals surface area contributed by atoms with Crippen molar-refractivity contribution in [2.24, 2.45) is 11.8 Å². The van der Waals surface area contributed by atoms with Gasteiger partial charge in [-0.1, -0.05) is 27.7 Å². The standard InChI is InChI=1S/C13H27NOS/c1-5-14-12-6-7-13(11(12)4)16(15)9-8-10(2)3/h10-14H,5-9H2,1-4H3. The van der Waals surface area contributed by atoms with E-state index in [1.165, 1.54) is 6.42 Å². The Morgan fingerprint density at radius 1 is 1.38 bits per heavy atom. The Hall–Kier alpha value is 0.110. The Morgan fingerprint density at radius 2 is 2.06 bits per heavy atom. The molecule has 4 atom stereocenters. The second kappa shape index (κ2) is 6.75. The fourth-order valence-corrected chi connectivity index (χ4v) is 4.63. The van der Waals surface area contributed by atoms with Crippen LogP contribution in [-0.4, -0.2) is 27.8 Å². The van der Waals surface area contributed by atoms with Gasteiger partial charge < -0.3 is 5.32 Å². The van der Waals surface area contributed by atoms with Crippen LogP contribution in [0.3, 0.4) is 0 Å². The molecule has 96 valence electrons. The molecule has 0 aliphatic heterocycles. The molecule has 0 aromatic carbocycles. The molecule has 0 spiro atoms. The quantitative estimate of drug-likeness (QED) is 0.779. The molecule has 4 unspecified atom stereocenters. The van der Waals surface area contributed by atoms with E-state index in [0.29, 0.717) is 23.1 Å². The summed E-state index contributed by atoms with van der Waals surface area (Å²) in [5.74, 6) is 2.14. The summed E-state index contributed by atoms with van der Waals surface area (Å²) in [7, 11) is -0.610. The van der Waals surface area contributed by atoms with E-state index in [1.807, 2.05) is 0 Å². The third-order valence-corrected chi connectivity index (χ3v) is 5.66. The highest BCUT2D eigenvalue weighted by Crippen LogP contribution is 2.30. The minimum absolute atomic E-state index is 0.433. The molecule has 3 heteroatoms. The number of hydrogen-bond donors (Lipinski definition) is 1. The molecule has 0 radical (unpaired) electrons. The highest BCUT2D eigenvalue weighted by Gasteiger charge is 2.35. The van der Waals surface area contributed by atoms with E-state index >= 15 is 0 Å². The van der Waals surface area contributed by atoms with Crippen molar-refractivity contribution >= 4 is 10.8 Å². The van der Waals surface area contributed by atoms with Crippen molar-refractivity contribution in [3.63, 3.8) is 0 Å². The van der Waals surface area contributed by atoms with Crippen LogP contribution >= 0.6 is 0 Å². The lowest BCUT2D eigenvalue weighted by Crippen LogP contribution is -2.35. The molecule has 0 aromatic heterocycles. The fourth-order valence-electron chi connectivity index (χ4n) is 2.55. The molecule has 1 rings (SSSR count). The van der Waals surface area contributed by atoms with E-state index in [4.69, 9.17) is 0 Å². The van der Waals surface area contributed by atoms with Crippen LogP contribution in [0.4, 0.5) is 0 Å². The van der Waals surface area contributed by atoms with Gasteiger partial charge in [0.05, 0.1) is 0 Å². The molecule has 2 nitrogen and oxygen atoms in total. The van der Waals surface area contributed by atoms with Crippen molar-refractivity contribution in [2.45, 2.75) is 58.2 Å². The van der Waals surface area contributed by atoms with Crippen molar-refractivity contribution in [1.82, 2.24) is 5.32 Å². The maximum Gasteiger partial charge on any atom is 0.0388 e. The lowest BCUT2D eigenvalue weighted by Gasteiger charge is -2.21. The minimum atomic E-state index is -0.610. The van der Waals surface area contributed by atoms with E-state index in [2.05, 4.69) is 33.0 Å². The first-order valence-electron chi connectivity index (χ1n) is 6.66. The zero-order chi connectivity index (χ0) is 12.1. The summed E-state index contributed by atoms with van der Waals surface area (Å²) >= 11 is 0. The third kappa shape index (κ3) is 3.85. The first kappa shape index (κ1) is 14.2. The van der Waals surface area contributed by atoms with Crippen LogP contribution in [0, 0.1) is 11.8 Å². The van der Waals surface area contributed by atoms with E-state index in [0.717, 1.165) is 25.1 Å². The summed E-state index contributed by atoms with van der Waals surface area (Å²) < 4.78 is 12.2. The lowest BCUT2D eigenvalue weighted by atomic mass is 10.1. The van der Waals surface area contributed by atoms with E-state index in [9.17, 15) is 4.21 Å². The molecular formula is C13H27NOS. The molecule has 0 amide bonds. The van der Waals surface area contributed by atoms with Crippen molar-refractivity contribution < 1.29 is 4.21 Å². The molecule has 16 heavy (non-hydrogen) atoms. The van der Waals surface area contributed by atoms with Gasteiger partial charge in [-0.25, -0.2) is 0 Å². The van der Waals surface area contributed by atoms with Gasteiger partial charge in [-0.15, -0.1) is 0 Å².